The SMILES string of the molecule is C[C@H]1CCCCN1C(=O)CSc1nnc(COc2ccc(Cl)cc2)n1C. The third kappa shape index (κ3) is 4.71. The van der Waals surface area contributed by atoms with Crippen molar-refractivity contribution in [2.24, 2.45) is 7.05 Å². The Morgan fingerprint density at radius 3 is 2.81 bits per heavy atom. The maximum atomic E-state index is 12.5. The lowest BCUT2D eigenvalue weighted by Crippen LogP contribution is -2.42. The molecule has 3 rings (SSSR count). The molecule has 1 atom stereocenters. The molecular weight excluding hydrogens is 372 g/mol. The predicted molar refractivity (Wildman–Crippen MR) is 103 cm³/mol. The van der Waals surface area contributed by atoms with Gasteiger partial charge in [0.15, 0.2) is 11.0 Å². The Hall–Kier alpha value is -1.73. The zero-order valence-corrected chi connectivity index (χ0v) is 16.6. The molecule has 0 bridgehead atoms. The van der Waals surface area contributed by atoms with E-state index in [1.165, 1.54) is 18.2 Å². The second-order valence-electron chi connectivity index (χ2n) is 6.42. The molecule has 140 valence electrons. The van der Waals surface area contributed by atoms with Crippen LogP contribution in [0.3, 0.4) is 0 Å². The van der Waals surface area contributed by atoms with Crippen LogP contribution in [-0.2, 0) is 18.4 Å². The van der Waals surface area contributed by atoms with Crippen LogP contribution in [0.1, 0.15) is 32.0 Å². The molecule has 1 aromatic heterocycles. The molecular formula is C18H23ClN4O2S. The van der Waals surface area contributed by atoms with Gasteiger partial charge in [-0.15, -0.1) is 10.2 Å². The number of amides is 1. The van der Waals surface area contributed by atoms with Crippen molar-refractivity contribution in [2.45, 2.75) is 44.0 Å². The molecule has 1 saturated heterocycles. The lowest BCUT2D eigenvalue weighted by Gasteiger charge is -2.33. The number of carbonyl (C=O) groups is 1. The molecule has 1 fully saturated rings. The Bertz CT molecular complexity index is 750. The summed E-state index contributed by atoms with van der Waals surface area (Å²) < 4.78 is 7.58. The summed E-state index contributed by atoms with van der Waals surface area (Å²) in [5.74, 6) is 1.99. The Kier molecular flexibility index (Phi) is 6.43. The van der Waals surface area contributed by atoms with Crippen LogP contribution in [-0.4, -0.2) is 43.9 Å². The van der Waals surface area contributed by atoms with Gasteiger partial charge in [0.05, 0.1) is 5.75 Å². The molecule has 0 N–H and O–H groups in total. The first-order valence-electron chi connectivity index (χ1n) is 8.73. The predicted octanol–water partition coefficient (Wildman–Crippen LogP) is 3.54. The highest BCUT2D eigenvalue weighted by Crippen LogP contribution is 2.21. The van der Waals surface area contributed by atoms with Crippen molar-refractivity contribution in [2.75, 3.05) is 12.3 Å². The maximum absolute atomic E-state index is 12.5. The number of hydrogen-bond acceptors (Lipinski definition) is 5. The molecule has 8 heteroatoms. The zero-order chi connectivity index (χ0) is 18.5. The third-order valence-electron chi connectivity index (χ3n) is 4.55. The van der Waals surface area contributed by atoms with Crippen molar-refractivity contribution in [3.05, 3.63) is 35.1 Å². The minimum absolute atomic E-state index is 0.171. The van der Waals surface area contributed by atoms with Crippen LogP contribution in [0.2, 0.25) is 5.02 Å². The average Bonchev–Trinajstić information content (AvgIpc) is 2.99. The molecule has 0 saturated carbocycles. The van der Waals surface area contributed by atoms with Gasteiger partial charge in [0.2, 0.25) is 5.91 Å². The van der Waals surface area contributed by atoms with Gasteiger partial charge in [0, 0.05) is 24.7 Å². The summed E-state index contributed by atoms with van der Waals surface area (Å²) in [7, 11) is 1.89. The quantitative estimate of drug-likeness (QED) is 0.701. The van der Waals surface area contributed by atoms with E-state index in [4.69, 9.17) is 16.3 Å². The number of piperidine rings is 1. The second kappa shape index (κ2) is 8.77. The second-order valence-corrected chi connectivity index (χ2v) is 7.80. The Balaban J connectivity index is 1.53. The molecule has 0 aliphatic carbocycles. The van der Waals surface area contributed by atoms with E-state index in [-0.39, 0.29) is 5.91 Å². The number of benzene rings is 1. The summed E-state index contributed by atoms with van der Waals surface area (Å²) in [6, 6.07) is 7.52. The first-order valence-corrected chi connectivity index (χ1v) is 10.1. The molecule has 1 aliphatic heterocycles. The van der Waals surface area contributed by atoms with Gasteiger partial charge in [-0.2, -0.15) is 0 Å². The van der Waals surface area contributed by atoms with E-state index in [1.807, 2.05) is 28.6 Å². The van der Waals surface area contributed by atoms with Crippen molar-refractivity contribution >= 4 is 29.3 Å². The number of aromatic nitrogens is 3. The number of thioether (sulfide) groups is 1. The fraction of sp³-hybridized carbons (Fsp3) is 0.500. The van der Waals surface area contributed by atoms with Crippen molar-refractivity contribution in [1.82, 2.24) is 19.7 Å². The van der Waals surface area contributed by atoms with Crippen LogP contribution in [0.4, 0.5) is 0 Å². The van der Waals surface area contributed by atoms with Crippen molar-refractivity contribution in [1.29, 1.82) is 0 Å². The molecule has 1 amide bonds. The normalized spacial score (nSPS) is 17.3. The topological polar surface area (TPSA) is 60.3 Å². The number of ether oxygens (including phenoxy) is 1. The molecule has 26 heavy (non-hydrogen) atoms. The summed E-state index contributed by atoms with van der Waals surface area (Å²) in [6.07, 6.45) is 3.39. The number of halogens is 1. The van der Waals surface area contributed by atoms with E-state index in [1.54, 1.807) is 12.1 Å². The lowest BCUT2D eigenvalue weighted by molar-refractivity contribution is -0.131. The van der Waals surface area contributed by atoms with E-state index in [0.29, 0.717) is 29.2 Å². The fourth-order valence-electron chi connectivity index (χ4n) is 2.95. The van der Waals surface area contributed by atoms with Gasteiger partial charge >= 0.3 is 0 Å². The summed E-state index contributed by atoms with van der Waals surface area (Å²) in [6.45, 7) is 3.29. The summed E-state index contributed by atoms with van der Waals surface area (Å²) in [5.41, 5.74) is 0. The van der Waals surface area contributed by atoms with E-state index < -0.39 is 0 Å². The molecule has 2 heterocycles. The highest BCUT2D eigenvalue weighted by molar-refractivity contribution is 7.99. The number of rotatable bonds is 6. The Labute approximate surface area is 162 Å². The Morgan fingerprint density at radius 2 is 2.08 bits per heavy atom. The zero-order valence-electron chi connectivity index (χ0n) is 15.0. The Morgan fingerprint density at radius 1 is 1.31 bits per heavy atom. The highest BCUT2D eigenvalue weighted by Gasteiger charge is 2.23. The molecule has 0 radical (unpaired) electrons. The fourth-order valence-corrected chi connectivity index (χ4v) is 3.89. The number of carbonyl (C=O) groups excluding carboxylic acids is 1. The number of likely N-dealkylation sites (tertiary alicyclic amines) is 1. The highest BCUT2D eigenvalue weighted by atomic mass is 35.5. The van der Waals surface area contributed by atoms with Crippen LogP contribution in [0, 0.1) is 0 Å². The molecule has 2 aromatic rings. The van der Waals surface area contributed by atoms with Crippen LogP contribution in [0.15, 0.2) is 29.4 Å². The largest absolute Gasteiger partial charge is 0.486 e. The standard InChI is InChI=1S/C18H23ClN4O2S/c1-13-5-3-4-10-23(13)17(24)12-26-18-21-20-16(22(18)2)11-25-15-8-6-14(19)7-9-15/h6-9,13H,3-5,10-12H2,1-2H3/t13-/m0/s1. The smallest absolute Gasteiger partial charge is 0.233 e. The van der Waals surface area contributed by atoms with Gasteiger partial charge in [0.25, 0.3) is 0 Å². The maximum Gasteiger partial charge on any atom is 0.233 e. The van der Waals surface area contributed by atoms with Crippen LogP contribution in [0.5, 0.6) is 5.75 Å². The van der Waals surface area contributed by atoms with Gasteiger partial charge in [0.1, 0.15) is 12.4 Å². The van der Waals surface area contributed by atoms with E-state index in [9.17, 15) is 4.79 Å². The van der Waals surface area contributed by atoms with Gasteiger partial charge in [-0.3, -0.25) is 4.79 Å². The number of nitrogens with zero attached hydrogens (tertiary/aromatic N) is 4. The summed E-state index contributed by atoms with van der Waals surface area (Å²) in [4.78, 5) is 14.4. The van der Waals surface area contributed by atoms with Crippen LogP contribution in [0.25, 0.3) is 0 Å². The van der Waals surface area contributed by atoms with Gasteiger partial charge in [-0.25, -0.2) is 0 Å². The van der Waals surface area contributed by atoms with Crippen LogP contribution < -0.4 is 4.74 Å². The van der Waals surface area contributed by atoms with Crippen LogP contribution >= 0.6 is 23.4 Å². The summed E-state index contributed by atoms with van der Waals surface area (Å²) in [5, 5.41) is 9.74. The molecule has 1 aliphatic rings. The molecule has 0 spiro atoms. The van der Waals surface area contributed by atoms with E-state index in [2.05, 4.69) is 17.1 Å². The first kappa shape index (κ1) is 19.0. The van der Waals surface area contributed by atoms with Gasteiger partial charge < -0.3 is 14.2 Å². The van der Waals surface area contributed by atoms with E-state index >= 15 is 0 Å². The van der Waals surface area contributed by atoms with Crippen molar-refractivity contribution < 1.29 is 9.53 Å². The third-order valence-corrected chi connectivity index (χ3v) is 5.81. The van der Waals surface area contributed by atoms with Gasteiger partial charge in [-0.05, 0) is 50.5 Å². The molecule has 1 aromatic carbocycles. The molecule has 6 nitrogen and oxygen atoms in total. The van der Waals surface area contributed by atoms with E-state index in [0.717, 1.165) is 30.3 Å². The van der Waals surface area contributed by atoms with Crippen molar-refractivity contribution in [3.8, 4) is 5.75 Å². The monoisotopic (exact) mass is 394 g/mol. The lowest BCUT2D eigenvalue weighted by atomic mass is 10.0. The first-order chi connectivity index (χ1) is 12.5. The minimum Gasteiger partial charge on any atom is -0.486 e. The summed E-state index contributed by atoms with van der Waals surface area (Å²) >= 11 is 7.29. The average molecular weight is 395 g/mol. The number of hydrogen-bond donors (Lipinski definition) is 0. The minimum atomic E-state index is 0.171. The van der Waals surface area contributed by atoms with Gasteiger partial charge in [-0.1, -0.05) is 23.4 Å². The molecule has 0 unspecified atom stereocenters. The van der Waals surface area contributed by atoms with Crippen molar-refractivity contribution in [3.63, 3.8) is 0 Å².